The highest BCUT2D eigenvalue weighted by atomic mass is 32.2. The van der Waals surface area contributed by atoms with Gasteiger partial charge >= 0.3 is 0 Å². The summed E-state index contributed by atoms with van der Waals surface area (Å²) in [5.74, 6) is 0.288. The number of amides is 2. The molecule has 1 aromatic rings. The van der Waals surface area contributed by atoms with Crippen LogP contribution in [0.25, 0.3) is 0 Å². The normalized spacial score (nSPS) is 24.2. The Bertz CT molecular complexity index is 830. The number of likely N-dealkylation sites (tertiary alicyclic amines) is 1. The second-order valence-electron chi connectivity index (χ2n) is 7.94. The van der Waals surface area contributed by atoms with Gasteiger partial charge < -0.3 is 9.80 Å². The highest BCUT2D eigenvalue weighted by Gasteiger charge is 2.38. The van der Waals surface area contributed by atoms with E-state index in [1.165, 1.54) is 4.31 Å². The Morgan fingerprint density at radius 3 is 2.07 bits per heavy atom. The van der Waals surface area contributed by atoms with E-state index in [9.17, 15) is 18.0 Å². The molecule has 28 heavy (non-hydrogen) atoms. The van der Waals surface area contributed by atoms with Crippen LogP contribution in [0.1, 0.15) is 25.7 Å². The van der Waals surface area contributed by atoms with Crippen LogP contribution in [0.5, 0.6) is 0 Å². The van der Waals surface area contributed by atoms with Crippen LogP contribution < -0.4 is 0 Å². The Morgan fingerprint density at radius 1 is 0.786 bits per heavy atom. The second kappa shape index (κ2) is 7.83. The van der Waals surface area contributed by atoms with Crippen LogP contribution in [0.15, 0.2) is 35.2 Å². The van der Waals surface area contributed by atoms with Crippen LogP contribution in [0.4, 0.5) is 0 Å². The van der Waals surface area contributed by atoms with Gasteiger partial charge in [0.1, 0.15) is 0 Å². The number of nitrogens with zero attached hydrogens (tertiary/aromatic N) is 3. The molecule has 7 nitrogen and oxygen atoms in total. The Kier molecular flexibility index (Phi) is 5.42. The van der Waals surface area contributed by atoms with E-state index in [0.29, 0.717) is 32.7 Å². The number of carbonyl (C=O) groups is 2. The molecular weight excluding hydrogens is 378 g/mol. The van der Waals surface area contributed by atoms with Gasteiger partial charge in [-0.1, -0.05) is 18.2 Å². The Hall–Kier alpha value is -1.93. The molecule has 0 spiro atoms. The molecule has 2 amide bonds. The summed E-state index contributed by atoms with van der Waals surface area (Å²) >= 11 is 0. The van der Waals surface area contributed by atoms with Crippen LogP contribution in [0, 0.1) is 11.8 Å². The fourth-order valence-electron chi connectivity index (χ4n) is 4.12. The minimum absolute atomic E-state index is 0.0602. The van der Waals surface area contributed by atoms with Crippen molar-refractivity contribution in [2.24, 2.45) is 11.8 Å². The van der Waals surface area contributed by atoms with E-state index in [0.717, 1.165) is 32.2 Å². The van der Waals surface area contributed by atoms with Gasteiger partial charge in [-0.2, -0.15) is 4.31 Å². The molecule has 2 saturated heterocycles. The Labute approximate surface area is 166 Å². The maximum Gasteiger partial charge on any atom is 0.243 e. The lowest BCUT2D eigenvalue weighted by atomic mass is 9.96. The molecule has 1 atom stereocenters. The van der Waals surface area contributed by atoms with Crippen molar-refractivity contribution in [3.63, 3.8) is 0 Å². The van der Waals surface area contributed by atoms with Crippen LogP contribution in [0.3, 0.4) is 0 Å². The van der Waals surface area contributed by atoms with Crippen molar-refractivity contribution >= 4 is 21.8 Å². The van der Waals surface area contributed by atoms with Gasteiger partial charge in [0.15, 0.2) is 0 Å². The Balaban J connectivity index is 1.34. The third-order valence-corrected chi connectivity index (χ3v) is 7.85. The first-order chi connectivity index (χ1) is 13.5. The highest BCUT2D eigenvalue weighted by Crippen LogP contribution is 2.33. The molecule has 2 aliphatic heterocycles. The van der Waals surface area contributed by atoms with Crippen molar-refractivity contribution in [2.75, 3.05) is 39.3 Å². The molecular formula is C20H27N3O4S. The van der Waals surface area contributed by atoms with E-state index >= 15 is 0 Å². The van der Waals surface area contributed by atoms with Gasteiger partial charge in [-0.25, -0.2) is 8.42 Å². The number of hydrogen-bond donors (Lipinski definition) is 0. The van der Waals surface area contributed by atoms with Crippen LogP contribution in [-0.4, -0.2) is 73.6 Å². The summed E-state index contributed by atoms with van der Waals surface area (Å²) in [6.45, 7) is 2.68. The molecule has 4 rings (SSSR count). The molecule has 3 aliphatic rings. The van der Waals surface area contributed by atoms with E-state index in [2.05, 4.69) is 0 Å². The zero-order chi connectivity index (χ0) is 19.7. The summed E-state index contributed by atoms with van der Waals surface area (Å²) in [4.78, 5) is 29.2. The topological polar surface area (TPSA) is 78.0 Å². The monoisotopic (exact) mass is 405 g/mol. The molecule has 1 aliphatic carbocycles. The molecule has 1 aromatic carbocycles. The first kappa shape index (κ1) is 19.4. The van der Waals surface area contributed by atoms with Crippen molar-refractivity contribution in [3.05, 3.63) is 30.3 Å². The molecule has 152 valence electrons. The van der Waals surface area contributed by atoms with Crippen molar-refractivity contribution in [1.82, 2.24) is 14.1 Å². The third-order valence-electron chi connectivity index (χ3n) is 5.94. The number of rotatable bonds is 4. The molecule has 0 aromatic heterocycles. The third kappa shape index (κ3) is 3.93. The molecule has 1 unspecified atom stereocenters. The molecule has 0 radical (unpaired) electrons. The lowest BCUT2D eigenvalue weighted by molar-refractivity contribution is -0.142. The molecule has 0 N–H and O–H groups in total. The average molecular weight is 406 g/mol. The summed E-state index contributed by atoms with van der Waals surface area (Å²) in [6, 6.07) is 8.41. The quantitative estimate of drug-likeness (QED) is 0.753. The van der Waals surface area contributed by atoms with Gasteiger partial charge in [-0.15, -0.1) is 0 Å². The minimum atomic E-state index is -3.52. The summed E-state index contributed by atoms with van der Waals surface area (Å²) in [7, 11) is -3.52. The number of hydrogen-bond acceptors (Lipinski definition) is 4. The van der Waals surface area contributed by atoms with E-state index in [1.807, 2.05) is 4.90 Å². The van der Waals surface area contributed by atoms with Gasteiger partial charge in [0.2, 0.25) is 21.8 Å². The number of carbonyl (C=O) groups excluding carboxylic acids is 2. The maximum absolute atomic E-state index is 13.0. The largest absolute Gasteiger partial charge is 0.342 e. The van der Waals surface area contributed by atoms with E-state index in [4.69, 9.17) is 0 Å². The first-order valence-corrected chi connectivity index (χ1v) is 11.5. The number of benzene rings is 1. The van der Waals surface area contributed by atoms with Gasteiger partial charge in [-0.05, 0) is 37.8 Å². The summed E-state index contributed by atoms with van der Waals surface area (Å²) in [5, 5.41) is 0. The number of sulfonamides is 1. The molecule has 0 bridgehead atoms. The minimum Gasteiger partial charge on any atom is -0.342 e. The standard InChI is InChI=1S/C20H27N3O4S/c24-19(16-8-9-16)22-10-4-5-17(15-22)20(25)21-11-13-23(14-12-21)28(26,27)18-6-2-1-3-7-18/h1-3,6-7,16-17H,4-5,8-15H2. The zero-order valence-electron chi connectivity index (χ0n) is 16.0. The van der Waals surface area contributed by atoms with Crippen LogP contribution >= 0.6 is 0 Å². The molecule has 2 heterocycles. The smallest absolute Gasteiger partial charge is 0.243 e. The van der Waals surface area contributed by atoms with Crippen LogP contribution in [-0.2, 0) is 19.6 Å². The van der Waals surface area contributed by atoms with E-state index in [-0.39, 0.29) is 28.5 Å². The highest BCUT2D eigenvalue weighted by molar-refractivity contribution is 7.89. The van der Waals surface area contributed by atoms with Gasteiger partial charge in [-0.3, -0.25) is 9.59 Å². The molecule has 1 saturated carbocycles. The SMILES string of the molecule is O=C(C1CCCN(C(=O)C2CC2)C1)N1CCN(S(=O)(=O)c2ccccc2)CC1. The van der Waals surface area contributed by atoms with Crippen LogP contribution in [0.2, 0.25) is 0 Å². The fourth-order valence-corrected chi connectivity index (χ4v) is 5.56. The first-order valence-electron chi connectivity index (χ1n) is 10.1. The summed E-state index contributed by atoms with van der Waals surface area (Å²) < 4.78 is 26.9. The predicted octanol–water partition coefficient (Wildman–Crippen LogP) is 1.17. The van der Waals surface area contributed by atoms with Gasteiger partial charge in [0, 0.05) is 45.2 Å². The van der Waals surface area contributed by atoms with Crippen molar-refractivity contribution < 1.29 is 18.0 Å². The molecule has 3 fully saturated rings. The number of piperidine rings is 1. The average Bonchev–Trinajstić information content (AvgIpc) is 3.59. The lowest BCUT2D eigenvalue weighted by Crippen LogP contribution is -2.54. The van der Waals surface area contributed by atoms with Gasteiger partial charge in [0.25, 0.3) is 0 Å². The lowest BCUT2D eigenvalue weighted by Gasteiger charge is -2.38. The fraction of sp³-hybridized carbons (Fsp3) is 0.600. The van der Waals surface area contributed by atoms with Gasteiger partial charge in [0.05, 0.1) is 10.8 Å². The zero-order valence-corrected chi connectivity index (χ0v) is 16.8. The summed E-state index contributed by atoms with van der Waals surface area (Å²) in [5.41, 5.74) is 0. The number of piperazine rings is 1. The van der Waals surface area contributed by atoms with E-state index < -0.39 is 10.0 Å². The molecule has 8 heteroatoms. The summed E-state index contributed by atoms with van der Waals surface area (Å²) in [6.07, 6.45) is 3.62. The second-order valence-corrected chi connectivity index (χ2v) is 9.88. The van der Waals surface area contributed by atoms with E-state index in [1.54, 1.807) is 35.2 Å². The van der Waals surface area contributed by atoms with Crippen molar-refractivity contribution in [3.8, 4) is 0 Å². The van der Waals surface area contributed by atoms with Crippen molar-refractivity contribution in [1.29, 1.82) is 0 Å². The predicted molar refractivity (Wildman–Crippen MR) is 104 cm³/mol. The maximum atomic E-state index is 13.0. The van der Waals surface area contributed by atoms with Crippen molar-refractivity contribution in [2.45, 2.75) is 30.6 Å². The Morgan fingerprint density at radius 2 is 1.43 bits per heavy atom.